The fourth-order valence-electron chi connectivity index (χ4n) is 4.24. The average Bonchev–Trinajstić information content (AvgIpc) is 3.40. The number of carbonyl (C=O) groups is 2. The van der Waals surface area contributed by atoms with Crippen LogP contribution in [0.1, 0.15) is 65.7 Å². The summed E-state index contributed by atoms with van der Waals surface area (Å²) in [5.41, 5.74) is 4.15. The number of likely N-dealkylation sites (tertiary alicyclic amines) is 1. The van der Waals surface area contributed by atoms with E-state index in [9.17, 15) is 9.59 Å². The molecule has 0 radical (unpaired) electrons. The molecule has 2 aromatic heterocycles. The molecule has 6 nitrogen and oxygen atoms in total. The molecule has 4 rings (SSSR count). The maximum absolute atomic E-state index is 12.8. The Morgan fingerprint density at radius 1 is 1.15 bits per heavy atom. The predicted molar refractivity (Wildman–Crippen MR) is 137 cm³/mol. The summed E-state index contributed by atoms with van der Waals surface area (Å²) < 4.78 is 0. The van der Waals surface area contributed by atoms with Crippen LogP contribution in [0, 0.1) is 6.92 Å². The smallest absolute Gasteiger partial charge is 0.309 e. The van der Waals surface area contributed by atoms with Gasteiger partial charge >= 0.3 is 5.97 Å². The number of aromatic nitrogens is 2. The molecule has 0 saturated carbocycles. The number of carboxylic acids is 1. The van der Waals surface area contributed by atoms with Crippen molar-refractivity contribution in [3.8, 4) is 11.3 Å². The number of thiazole rings is 2. The van der Waals surface area contributed by atoms with E-state index in [2.05, 4.69) is 55.4 Å². The first-order chi connectivity index (χ1) is 16.1. The molecule has 1 aliphatic rings. The van der Waals surface area contributed by atoms with Crippen molar-refractivity contribution in [3.05, 3.63) is 55.8 Å². The zero-order chi connectivity index (χ0) is 24.5. The summed E-state index contributed by atoms with van der Waals surface area (Å²) in [7, 11) is 0. The van der Waals surface area contributed by atoms with Gasteiger partial charge in [-0.15, -0.1) is 22.7 Å². The van der Waals surface area contributed by atoms with Crippen molar-refractivity contribution >= 4 is 34.6 Å². The van der Waals surface area contributed by atoms with Gasteiger partial charge in [0.05, 0.1) is 29.2 Å². The molecular weight excluding hydrogens is 466 g/mol. The van der Waals surface area contributed by atoms with Crippen molar-refractivity contribution in [2.45, 2.75) is 64.7 Å². The lowest BCUT2D eigenvalue weighted by Gasteiger charge is -2.31. The average molecular weight is 498 g/mol. The Labute approximate surface area is 208 Å². The Morgan fingerprint density at radius 2 is 1.88 bits per heavy atom. The van der Waals surface area contributed by atoms with Crippen LogP contribution in [0.2, 0.25) is 0 Å². The van der Waals surface area contributed by atoms with Crippen LogP contribution in [0.5, 0.6) is 0 Å². The minimum absolute atomic E-state index is 0.0629. The first-order valence-electron chi connectivity index (χ1n) is 11.6. The van der Waals surface area contributed by atoms with Gasteiger partial charge in [0.25, 0.3) is 0 Å². The number of nitrogens with zero attached hydrogens (tertiary/aromatic N) is 3. The maximum atomic E-state index is 12.8. The SMILES string of the molecule is Cc1sc(CC(=O)N2CCC(c3nc(-c4cccc(C(C)(C)C)c4)cs3)CC2)nc1CC(=O)O. The Hall–Kier alpha value is -2.58. The second-order valence-electron chi connectivity index (χ2n) is 9.91. The van der Waals surface area contributed by atoms with E-state index in [4.69, 9.17) is 10.1 Å². The van der Waals surface area contributed by atoms with Crippen molar-refractivity contribution in [1.29, 1.82) is 0 Å². The Morgan fingerprint density at radius 3 is 2.56 bits per heavy atom. The molecule has 0 aliphatic carbocycles. The number of carboxylic acid groups (broad SMARTS) is 1. The van der Waals surface area contributed by atoms with Crippen molar-refractivity contribution in [2.75, 3.05) is 13.1 Å². The van der Waals surface area contributed by atoms with Crippen molar-refractivity contribution in [3.63, 3.8) is 0 Å². The highest BCUT2D eigenvalue weighted by atomic mass is 32.1. The summed E-state index contributed by atoms with van der Waals surface area (Å²) >= 11 is 3.13. The van der Waals surface area contributed by atoms with Crippen LogP contribution in [0.15, 0.2) is 29.6 Å². The Balaban J connectivity index is 1.35. The summed E-state index contributed by atoms with van der Waals surface area (Å²) in [6.07, 6.45) is 1.95. The van der Waals surface area contributed by atoms with E-state index in [-0.39, 0.29) is 24.2 Å². The van der Waals surface area contributed by atoms with E-state index in [1.54, 1.807) is 11.3 Å². The zero-order valence-corrected chi connectivity index (χ0v) is 21.8. The zero-order valence-electron chi connectivity index (χ0n) is 20.1. The summed E-state index contributed by atoms with van der Waals surface area (Å²) in [6.45, 7) is 9.94. The molecule has 3 heterocycles. The Bertz CT molecular complexity index is 1180. The lowest BCUT2D eigenvalue weighted by atomic mass is 9.86. The molecule has 0 unspecified atom stereocenters. The van der Waals surface area contributed by atoms with Gasteiger partial charge in [-0.05, 0) is 36.8 Å². The van der Waals surface area contributed by atoms with Gasteiger partial charge in [0.15, 0.2) is 0 Å². The van der Waals surface area contributed by atoms with Gasteiger partial charge in [-0.1, -0.05) is 39.0 Å². The molecule has 1 amide bonds. The van der Waals surface area contributed by atoms with Gasteiger partial charge in [-0.25, -0.2) is 9.97 Å². The van der Waals surface area contributed by atoms with E-state index < -0.39 is 5.97 Å². The topological polar surface area (TPSA) is 83.4 Å². The van der Waals surface area contributed by atoms with E-state index in [1.807, 2.05) is 11.8 Å². The molecule has 0 bridgehead atoms. The number of aliphatic carboxylic acids is 1. The van der Waals surface area contributed by atoms with Crippen LogP contribution < -0.4 is 0 Å². The molecule has 180 valence electrons. The van der Waals surface area contributed by atoms with Crippen LogP contribution in [-0.2, 0) is 27.8 Å². The molecule has 1 saturated heterocycles. The first kappa shape index (κ1) is 24.5. The molecule has 0 atom stereocenters. The number of carbonyl (C=O) groups excluding carboxylic acids is 1. The van der Waals surface area contributed by atoms with Gasteiger partial charge in [0.1, 0.15) is 5.01 Å². The van der Waals surface area contributed by atoms with Gasteiger partial charge in [-0.2, -0.15) is 0 Å². The van der Waals surface area contributed by atoms with Gasteiger partial charge in [0.2, 0.25) is 5.91 Å². The standard InChI is InChI=1S/C26H31N3O3S2/c1-16-20(13-24(31)32)27-22(34-16)14-23(30)29-10-8-17(9-11-29)25-28-21(15-33-25)18-6-5-7-19(12-18)26(2,3)4/h5-7,12,15,17H,8-11,13-14H2,1-4H3,(H,31,32). The number of rotatable bonds is 6. The molecule has 3 aromatic rings. The quantitative estimate of drug-likeness (QED) is 0.490. The highest BCUT2D eigenvalue weighted by Crippen LogP contribution is 2.34. The number of hydrogen-bond acceptors (Lipinski definition) is 6. The van der Waals surface area contributed by atoms with E-state index >= 15 is 0 Å². The minimum atomic E-state index is -0.902. The fraction of sp³-hybridized carbons (Fsp3) is 0.462. The normalized spacial score (nSPS) is 15.0. The number of piperidine rings is 1. The molecule has 34 heavy (non-hydrogen) atoms. The largest absolute Gasteiger partial charge is 0.481 e. The summed E-state index contributed by atoms with van der Waals surface area (Å²) in [5, 5.41) is 13.0. The lowest BCUT2D eigenvalue weighted by molar-refractivity contribution is -0.136. The minimum Gasteiger partial charge on any atom is -0.481 e. The van der Waals surface area contributed by atoms with Crippen molar-refractivity contribution in [2.24, 2.45) is 0 Å². The summed E-state index contributed by atoms with van der Waals surface area (Å²) in [6, 6.07) is 8.64. The van der Waals surface area contributed by atoms with E-state index in [0.29, 0.717) is 29.7 Å². The lowest BCUT2D eigenvalue weighted by Crippen LogP contribution is -2.38. The van der Waals surface area contributed by atoms with E-state index in [0.717, 1.165) is 34.0 Å². The maximum Gasteiger partial charge on any atom is 0.309 e. The van der Waals surface area contributed by atoms with Gasteiger partial charge in [0, 0.05) is 34.8 Å². The van der Waals surface area contributed by atoms with Crippen molar-refractivity contribution < 1.29 is 14.7 Å². The number of benzene rings is 1. The third-order valence-corrected chi connectivity index (χ3v) is 8.32. The second-order valence-corrected chi connectivity index (χ2v) is 12.1. The van der Waals surface area contributed by atoms with Crippen LogP contribution in [0.25, 0.3) is 11.3 Å². The van der Waals surface area contributed by atoms with E-state index in [1.165, 1.54) is 16.9 Å². The fourth-order valence-corrected chi connectivity index (χ4v) is 6.18. The number of hydrogen-bond donors (Lipinski definition) is 1. The van der Waals surface area contributed by atoms with Crippen LogP contribution in [0.4, 0.5) is 0 Å². The molecule has 8 heteroatoms. The monoisotopic (exact) mass is 497 g/mol. The summed E-state index contributed by atoms with van der Waals surface area (Å²) in [5.74, 6) is -0.466. The Kier molecular flexibility index (Phi) is 7.19. The van der Waals surface area contributed by atoms with Crippen LogP contribution in [0.3, 0.4) is 0 Å². The van der Waals surface area contributed by atoms with Crippen LogP contribution >= 0.6 is 22.7 Å². The molecule has 1 N–H and O–H groups in total. The first-order valence-corrected chi connectivity index (χ1v) is 13.3. The van der Waals surface area contributed by atoms with Gasteiger partial charge in [-0.3, -0.25) is 9.59 Å². The number of aryl methyl sites for hydroxylation is 1. The third kappa shape index (κ3) is 5.73. The summed E-state index contributed by atoms with van der Waals surface area (Å²) in [4.78, 5) is 35.9. The molecule has 0 spiro atoms. The highest BCUT2D eigenvalue weighted by Gasteiger charge is 2.27. The molecule has 1 aliphatic heterocycles. The number of amides is 1. The highest BCUT2D eigenvalue weighted by molar-refractivity contribution is 7.11. The van der Waals surface area contributed by atoms with Gasteiger partial charge < -0.3 is 10.0 Å². The molecule has 1 fully saturated rings. The predicted octanol–water partition coefficient (Wildman–Crippen LogP) is 5.45. The molecule has 1 aromatic carbocycles. The second kappa shape index (κ2) is 9.96. The van der Waals surface area contributed by atoms with Crippen LogP contribution in [-0.4, -0.2) is 44.9 Å². The third-order valence-electron chi connectivity index (χ3n) is 6.30. The molecular formula is C26H31N3O3S2. The van der Waals surface area contributed by atoms with Crippen molar-refractivity contribution in [1.82, 2.24) is 14.9 Å².